The first-order valence-electron chi connectivity index (χ1n) is 6.86. The molecule has 3 rings (SSSR count). The molecule has 116 valence electrons. The highest BCUT2D eigenvalue weighted by Crippen LogP contribution is 2.34. The second kappa shape index (κ2) is 5.22. The van der Waals surface area contributed by atoms with Crippen molar-refractivity contribution in [1.29, 1.82) is 0 Å². The summed E-state index contributed by atoms with van der Waals surface area (Å²) in [4.78, 5) is 15.2. The Kier molecular flexibility index (Phi) is 3.63. The highest BCUT2D eigenvalue weighted by atomic mass is 35.5. The van der Waals surface area contributed by atoms with E-state index in [0.29, 0.717) is 6.42 Å². The van der Waals surface area contributed by atoms with Crippen LogP contribution in [0.2, 0.25) is 5.02 Å². The van der Waals surface area contributed by atoms with Gasteiger partial charge in [0, 0.05) is 23.4 Å². The number of aromatic amines is 1. The molecular formula is C15H15ClN2O3S. The third-order valence-electron chi connectivity index (χ3n) is 3.96. The Morgan fingerprint density at radius 1 is 1.27 bits per heavy atom. The Labute approximate surface area is 133 Å². The molecule has 1 aromatic carbocycles. The Bertz CT molecular complexity index is 884. The molecule has 7 heteroatoms. The molecule has 1 heterocycles. The number of rotatable bonds is 2. The first-order chi connectivity index (χ1) is 10.3. The maximum absolute atomic E-state index is 12.1. The van der Waals surface area contributed by atoms with Crippen molar-refractivity contribution in [3.63, 3.8) is 0 Å². The van der Waals surface area contributed by atoms with Gasteiger partial charge < -0.3 is 4.98 Å². The van der Waals surface area contributed by atoms with Crippen molar-refractivity contribution in [2.45, 2.75) is 31.1 Å². The van der Waals surface area contributed by atoms with Crippen LogP contribution < -0.4 is 5.14 Å². The molecule has 0 bridgehead atoms. The molecule has 0 atom stereocenters. The van der Waals surface area contributed by atoms with E-state index in [1.165, 1.54) is 6.07 Å². The van der Waals surface area contributed by atoms with Gasteiger partial charge in [0.1, 0.15) is 4.90 Å². The minimum absolute atomic E-state index is 0.0679. The highest BCUT2D eigenvalue weighted by molar-refractivity contribution is 7.89. The summed E-state index contributed by atoms with van der Waals surface area (Å²) in [5.74, 6) is 0.147. The van der Waals surface area contributed by atoms with Crippen LogP contribution in [0.1, 0.15) is 34.5 Å². The SMILES string of the molecule is Cc1c(-c2ccc(S(N)(=O)=O)c(Cl)c2)[nH]c2c1C(=O)CCC2. The van der Waals surface area contributed by atoms with E-state index in [1.807, 2.05) is 6.92 Å². The standard InChI is InChI=1S/C15H15ClN2O3S/c1-8-14-11(3-2-4-12(14)19)18-15(8)9-5-6-13(10(16)7-9)22(17,20)21/h5-7,18H,2-4H2,1H3,(H2,17,20,21). The molecule has 0 saturated heterocycles. The molecule has 1 aliphatic carbocycles. The summed E-state index contributed by atoms with van der Waals surface area (Å²) in [7, 11) is -3.85. The number of hydrogen-bond donors (Lipinski definition) is 2. The number of benzene rings is 1. The fourth-order valence-electron chi connectivity index (χ4n) is 2.95. The second-order valence-corrected chi connectivity index (χ2v) is 7.38. The number of nitrogens with two attached hydrogens (primary N) is 1. The van der Waals surface area contributed by atoms with Gasteiger partial charge in [-0.1, -0.05) is 17.7 Å². The summed E-state index contributed by atoms with van der Waals surface area (Å²) in [5, 5.41) is 5.18. The lowest BCUT2D eigenvalue weighted by atomic mass is 9.93. The fourth-order valence-corrected chi connectivity index (χ4v) is 4.04. The predicted molar refractivity (Wildman–Crippen MR) is 84.6 cm³/mol. The number of sulfonamides is 1. The van der Waals surface area contributed by atoms with Crippen molar-refractivity contribution >= 4 is 27.4 Å². The zero-order valence-electron chi connectivity index (χ0n) is 11.9. The molecular weight excluding hydrogens is 324 g/mol. The van der Waals surface area contributed by atoms with Gasteiger partial charge in [-0.3, -0.25) is 4.79 Å². The number of halogens is 1. The lowest BCUT2D eigenvalue weighted by Crippen LogP contribution is -2.12. The quantitative estimate of drug-likeness (QED) is 0.881. The first-order valence-corrected chi connectivity index (χ1v) is 8.79. The van der Waals surface area contributed by atoms with Gasteiger partial charge in [-0.2, -0.15) is 0 Å². The van der Waals surface area contributed by atoms with Gasteiger partial charge >= 0.3 is 0 Å². The Balaban J connectivity index is 2.13. The summed E-state index contributed by atoms with van der Waals surface area (Å²) < 4.78 is 22.8. The number of nitrogens with one attached hydrogen (secondary N) is 1. The number of hydrogen-bond acceptors (Lipinski definition) is 3. The van der Waals surface area contributed by atoms with Gasteiger partial charge in [0.25, 0.3) is 0 Å². The average molecular weight is 339 g/mol. The number of ketones is 1. The zero-order valence-corrected chi connectivity index (χ0v) is 13.5. The molecule has 0 radical (unpaired) electrons. The first kappa shape index (κ1) is 15.3. The molecule has 2 aromatic rings. The molecule has 0 amide bonds. The van der Waals surface area contributed by atoms with Gasteiger partial charge in [0.15, 0.2) is 5.78 Å². The minimum atomic E-state index is -3.85. The molecule has 22 heavy (non-hydrogen) atoms. The van der Waals surface area contributed by atoms with Crippen LogP contribution in [-0.4, -0.2) is 19.2 Å². The molecule has 0 spiro atoms. The summed E-state index contributed by atoms with van der Waals surface area (Å²) in [6, 6.07) is 4.57. The highest BCUT2D eigenvalue weighted by Gasteiger charge is 2.24. The van der Waals surface area contributed by atoms with E-state index in [9.17, 15) is 13.2 Å². The summed E-state index contributed by atoms with van der Waals surface area (Å²) in [5.41, 5.74) is 4.10. The Hall–Kier alpha value is -1.63. The number of aromatic nitrogens is 1. The van der Waals surface area contributed by atoms with Gasteiger partial charge in [0.05, 0.1) is 5.02 Å². The third-order valence-corrected chi connectivity index (χ3v) is 5.36. The van der Waals surface area contributed by atoms with E-state index in [4.69, 9.17) is 16.7 Å². The lowest BCUT2D eigenvalue weighted by Gasteiger charge is -2.09. The van der Waals surface area contributed by atoms with Gasteiger partial charge in [-0.15, -0.1) is 0 Å². The van der Waals surface area contributed by atoms with Gasteiger partial charge in [-0.05, 0) is 43.0 Å². The van der Waals surface area contributed by atoms with Crippen LogP contribution >= 0.6 is 11.6 Å². The summed E-state index contributed by atoms with van der Waals surface area (Å²) >= 11 is 6.03. The maximum Gasteiger partial charge on any atom is 0.239 e. The number of primary sulfonamides is 1. The van der Waals surface area contributed by atoms with Crippen molar-refractivity contribution in [2.24, 2.45) is 5.14 Å². The van der Waals surface area contributed by atoms with Crippen LogP contribution in [0.3, 0.4) is 0 Å². The van der Waals surface area contributed by atoms with Crippen molar-refractivity contribution in [2.75, 3.05) is 0 Å². The van der Waals surface area contributed by atoms with Crippen molar-refractivity contribution in [3.05, 3.63) is 40.0 Å². The van der Waals surface area contributed by atoms with E-state index >= 15 is 0 Å². The van der Waals surface area contributed by atoms with E-state index in [2.05, 4.69) is 4.98 Å². The predicted octanol–water partition coefficient (Wildman–Crippen LogP) is 2.81. The fraction of sp³-hybridized carbons (Fsp3) is 0.267. The van der Waals surface area contributed by atoms with E-state index in [0.717, 1.165) is 40.9 Å². The number of aryl methyl sites for hydroxylation is 1. The van der Waals surface area contributed by atoms with Crippen molar-refractivity contribution < 1.29 is 13.2 Å². The van der Waals surface area contributed by atoms with E-state index < -0.39 is 10.0 Å². The Morgan fingerprint density at radius 3 is 2.59 bits per heavy atom. The maximum atomic E-state index is 12.1. The van der Waals surface area contributed by atoms with Crippen LogP contribution in [0, 0.1) is 6.92 Å². The number of carbonyl (C=O) groups excluding carboxylic acids is 1. The minimum Gasteiger partial charge on any atom is -0.358 e. The van der Waals surface area contributed by atoms with Crippen LogP contribution in [0.15, 0.2) is 23.1 Å². The number of Topliss-reactive ketones (excluding diaryl/α,β-unsaturated/α-hetero) is 1. The summed E-state index contributed by atoms with van der Waals surface area (Å²) in [6.07, 6.45) is 2.25. The van der Waals surface area contributed by atoms with Crippen molar-refractivity contribution in [1.82, 2.24) is 4.98 Å². The molecule has 3 N–H and O–H groups in total. The zero-order chi connectivity index (χ0) is 16.1. The number of carbonyl (C=O) groups is 1. The number of fused-ring (bicyclic) bond motifs is 1. The Morgan fingerprint density at radius 2 is 2.00 bits per heavy atom. The topological polar surface area (TPSA) is 93.0 Å². The smallest absolute Gasteiger partial charge is 0.239 e. The van der Waals surface area contributed by atoms with E-state index in [-0.39, 0.29) is 15.7 Å². The summed E-state index contributed by atoms with van der Waals surface area (Å²) in [6.45, 7) is 1.88. The van der Waals surface area contributed by atoms with Gasteiger partial charge in [-0.25, -0.2) is 13.6 Å². The molecule has 1 aromatic heterocycles. The molecule has 0 fully saturated rings. The van der Waals surface area contributed by atoms with Gasteiger partial charge in [0.2, 0.25) is 10.0 Å². The van der Waals surface area contributed by atoms with Crippen LogP contribution in [-0.2, 0) is 16.4 Å². The molecule has 1 aliphatic rings. The normalized spacial score (nSPS) is 15.0. The van der Waals surface area contributed by atoms with Crippen LogP contribution in [0.5, 0.6) is 0 Å². The molecule has 0 unspecified atom stereocenters. The average Bonchev–Trinajstić information content (AvgIpc) is 2.76. The molecule has 0 aliphatic heterocycles. The largest absolute Gasteiger partial charge is 0.358 e. The molecule has 0 saturated carbocycles. The second-order valence-electron chi connectivity index (χ2n) is 5.45. The monoisotopic (exact) mass is 338 g/mol. The van der Waals surface area contributed by atoms with Crippen LogP contribution in [0.4, 0.5) is 0 Å². The lowest BCUT2D eigenvalue weighted by molar-refractivity contribution is 0.0972. The molecule has 5 nitrogen and oxygen atoms in total. The van der Waals surface area contributed by atoms with E-state index in [1.54, 1.807) is 12.1 Å². The third kappa shape index (κ3) is 2.47. The van der Waals surface area contributed by atoms with Crippen LogP contribution in [0.25, 0.3) is 11.3 Å². The van der Waals surface area contributed by atoms with Crippen molar-refractivity contribution in [3.8, 4) is 11.3 Å². The number of H-pyrrole nitrogens is 1.